The lowest BCUT2D eigenvalue weighted by Crippen LogP contribution is -1.96. The number of aryl methyl sites for hydroxylation is 1. The van der Waals surface area contributed by atoms with E-state index in [0.717, 1.165) is 42.9 Å². The van der Waals surface area contributed by atoms with Gasteiger partial charge in [0.15, 0.2) is 0 Å². The van der Waals surface area contributed by atoms with E-state index in [-0.39, 0.29) is 0 Å². The lowest BCUT2D eigenvalue weighted by Gasteiger charge is -2.04. The fraction of sp³-hybridized carbons (Fsp3) is 0.350. The summed E-state index contributed by atoms with van der Waals surface area (Å²) in [6.07, 6.45) is 6.45. The Morgan fingerprint density at radius 3 is 2.27 bits per heavy atom. The van der Waals surface area contributed by atoms with Gasteiger partial charge in [-0.15, -0.1) is 0 Å². The van der Waals surface area contributed by atoms with Gasteiger partial charge < -0.3 is 4.74 Å². The molecule has 0 aliphatic rings. The lowest BCUT2D eigenvalue weighted by atomic mass is 10.1. The summed E-state index contributed by atoms with van der Waals surface area (Å²) in [5.41, 5.74) is 3.44. The van der Waals surface area contributed by atoms with Crippen molar-refractivity contribution in [2.45, 2.75) is 39.5 Å². The molecule has 0 N–H and O–H groups in total. The van der Waals surface area contributed by atoms with Crippen LogP contribution in [0.4, 0.5) is 5.69 Å². The predicted molar refractivity (Wildman–Crippen MR) is 94.5 cm³/mol. The molecule has 2 aromatic carbocycles. The van der Waals surface area contributed by atoms with Gasteiger partial charge in [-0.2, -0.15) is 0 Å². The van der Waals surface area contributed by atoms with Crippen LogP contribution in [0.1, 0.15) is 44.2 Å². The van der Waals surface area contributed by atoms with Gasteiger partial charge in [0, 0.05) is 6.21 Å². The van der Waals surface area contributed by atoms with E-state index in [9.17, 15) is 0 Å². The highest BCUT2D eigenvalue weighted by Gasteiger charge is 1.95. The Bertz CT molecular complexity index is 570. The molecule has 0 unspecified atom stereocenters. The van der Waals surface area contributed by atoms with Crippen LogP contribution in [-0.4, -0.2) is 12.8 Å². The average molecular weight is 295 g/mol. The van der Waals surface area contributed by atoms with E-state index in [1.165, 1.54) is 12.0 Å². The quantitative estimate of drug-likeness (QED) is 0.461. The van der Waals surface area contributed by atoms with E-state index in [1.807, 2.05) is 30.5 Å². The van der Waals surface area contributed by atoms with Crippen molar-refractivity contribution in [2.75, 3.05) is 6.61 Å². The molecule has 0 aromatic heterocycles. The predicted octanol–water partition coefficient (Wildman–Crippen LogP) is 5.57. The van der Waals surface area contributed by atoms with Crippen LogP contribution in [0.25, 0.3) is 0 Å². The molecule has 22 heavy (non-hydrogen) atoms. The molecule has 0 heterocycles. The van der Waals surface area contributed by atoms with E-state index in [2.05, 4.69) is 43.1 Å². The molecule has 0 aliphatic heterocycles. The summed E-state index contributed by atoms with van der Waals surface area (Å²) in [4.78, 5) is 4.52. The molecular formula is C20H25NO. The third kappa shape index (κ3) is 5.36. The molecule has 0 bridgehead atoms. The standard InChI is InChI=1S/C20H25NO/c1-3-5-15-22-20-13-9-18(10-14-20)16-21-19-11-7-17(6-4-2)8-12-19/h7-14,16H,3-6,15H2,1-2H3. The van der Waals surface area contributed by atoms with Crippen LogP contribution in [-0.2, 0) is 6.42 Å². The van der Waals surface area contributed by atoms with Gasteiger partial charge in [-0.1, -0.05) is 38.8 Å². The van der Waals surface area contributed by atoms with Crippen LogP contribution in [0.2, 0.25) is 0 Å². The third-order valence-electron chi connectivity index (χ3n) is 3.48. The molecule has 2 heteroatoms. The van der Waals surface area contributed by atoms with Crippen molar-refractivity contribution in [3.05, 3.63) is 59.7 Å². The van der Waals surface area contributed by atoms with Crippen molar-refractivity contribution in [3.63, 3.8) is 0 Å². The van der Waals surface area contributed by atoms with Crippen molar-refractivity contribution in [3.8, 4) is 5.75 Å². The molecule has 2 rings (SSSR count). The van der Waals surface area contributed by atoms with Gasteiger partial charge in [-0.3, -0.25) is 4.99 Å². The molecular weight excluding hydrogens is 270 g/mol. The van der Waals surface area contributed by atoms with E-state index in [0.29, 0.717) is 0 Å². The van der Waals surface area contributed by atoms with Crippen molar-refractivity contribution < 1.29 is 4.74 Å². The number of rotatable bonds is 8. The van der Waals surface area contributed by atoms with Crippen molar-refractivity contribution in [1.29, 1.82) is 0 Å². The highest BCUT2D eigenvalue weighted by Crippen LogP contribution is 2.15. The minimum absolute atomic E-state index is 0.786. The Morgan fingerprint density at radius 1 is 0.909 bits per heavy atom. The maximum Gasteiger partial charge on any atom is 0.119 e. The van der Waals surface area contributed by atoms with E-state index in [4.69, 9.17) is 4.74 Å². The van der Waals surface area contributed by atoms with Gasteiger partial charge in [0.2, 0.25) is 0 Å². The molecule has 2 nitrogen and oxygen atoms in total. The number of hydrogen-bond donors (Lipinski definition) is 0. The zero-order valence-corrected chi connectivity index (χ0v) is 13.6. The normalized spacial score (nSPS) is 11.0. The molecule has 116 valence electrons. The molecule has 0 atom stereocenters. The number of hydrogen-bond acceptors (Lipinski definition) is 2. The first-order chi connectivity index (χ1) is 10.8. The van der Waals surface area contributed by atoms with Gasteiger partial charge in [0.1, 0.15) is 5.75 Å². The number of ether oxygens (including phenoxy) is 1. The largest absolute Gasteiger partial charge is 0.494 e. The third-order valence-corrected chi connectivity index (χ3v) is 3.48. The number of nitrogens with zero attached hydrogens (tertiary/aromatic N) is 1. The zero-order valence-electron chi connectivity index (χ0n) is 13.6. The maximum atomic E-state index is 5.66. The monoisotopic (exact) mass is 295 g/mol. The second kappa shape index (κ2) is 9.04. The van der Waals surface area contributed by atoms with E-state index in [1.54, 1.807) is 0 Å². The Morgan fingerprint density at radius 2 is 1.64 bits per heavy atom. The summed E-state index contributed by atoms with van der Waals surface area (Å²) in [6, 6.07) is 16.5. The molecule has 2 aromatic rings. The SMILES string of the molecule is CCCCOc1ccc(C=Nc2ccc(CCC)cc2)cc1. The molecule has 0 amide bonds. The fourth-order valence-electron chi connectivity index (χ4n) is 2.17. The Kier molecular flexibility index (Phi) is 6.69. The fourth-order valence-corrected chi connectivity index (χ4v) is 2.17. The minimum Gasteiger partial charge on any atom is -0.494 e. The van der Waals surface area contributed by atoms with Crippen molar-refractivity contribution in [1.82, 2.24) is 0 Å². The number of aliphatic imine (C=N–C) groups is 1. The summed E-state index contributed by atoms with van der Waals surface area (Å²) in [6.45, 7) is 5.15. The first kappa shape index (κ1) is 16.3. The number of unbranched alkanes of at least 4 members (excludes halogenated alkanes) is 1. The highest BCUT2D eigenvalue weighted by atomic mass is 16.5. The van der Waals surface area contributed by atoms with Crippen LogP contribution < -0.4 is 4.74 Å². The van der Waals surface area contributed by atoms with Crippen LogP contribution >= 0.6 is 0 Å². The summed E-state index contributed by atoms with van der Waals surface area (Å²) in [7, 11) is 0. The van der Waals surface area contributed by atoms with Gasteiger partial charge >= 0.3 is 0 Å². The number of benzene rings is 2. The Hall–Kier alpha value is -2.09. The van der Waals surface area contributed by atoms with Gasteiger partial charge in [-0.05, 0) is 60.4 Å². The summed E-state index contributed by atoms with van der Waals surface area (Å²) in [5.74, 6) is 0.925. The molecule has 0 fully saturated rings. The van der Waals surface area contributed by atoms with Crippen molar-refractivity contribution in [2.24, 2.45) is 4.99 Å². The molecule has 0 spiro atoms. The molecule has 0 saturated carbocycles. The van der Waals surface area contributed by atoms with Crippen LogP contribution in [0, 0.1) is 0 Å². The Balaban J connectivity index is 1.92. The average Bonchev–Trinajstić information content (AvgIpc) is 2.56. The van der Waals surface area contributed by atoms with Crippen LogP contribution in [0.5, 0.6) is 5.75 Å². The van der Waals surface area contributed by atoms with Gasteiger partial charge in [0.05, 0.1) is 12.3 Å². The summed E-state index contributed by atoms with van der Waals surface area (Å²) < 4.78 is 5.66. The van der Waals surface area contributed by atoms with Crippen molar-refractivity contribution >= 4 is 11.9 Å². The molecule has 0 radical (unpaired) electrons. The van der Waals surface area contributed by atoms with Crippen LogP contribution in [0.15, 0.2) is 53.5 Å². The smallest absolute Gasteiger partial charge is 0.119 e. The van der Waals surface area contributed by atoms with Gasteiger partial charge in [0.25, 0.3) is 0 Å². The summed E-state index contributed by atoms with van der Waals surface area (Å²) in [5, 5.41) is 0. The van der Waals surface area contributed by atoms with Gasteiger partial charge in [-0.25, -0.2) is 0 Å². The topological polar surface area (TPSA) is 21.6 Å². The highest BCUT2D eigenvalue weighted by molar-refractivity contribution is 5.82. The first-order valence-corrected chi connectivity index (χ1v) is 8.17. The second-order valence-corrected chi connectivity index (χ2v) is 5.45. The van der Waals surface area contributed by atoms with E-state index < -0.39 is 0 Å². The first-order valence-electron chi connectivity index (χ1n) is 8.17. The summed E-state index contributed by atoms with van der Waals surface area (Å²) >= 11 is 0. The maximum absolute atomic E-state index is 5.66. The zero-order chi connectivity index (χ0) is 15.6. The van der Waals surface area contributed by atoms with E-state index >= 15 is 0 Å². The minimum atomic E-state index is 0.786. The van der Waals surface area contributed by atoms with Crippen LogP contribution in [0.3, 0.4) is 0 Å². The molecule has 0 aliphatic carbocycles. The second-order valence-electron chi connectivity index (χ2n) is 5.45. The Labute approximate surface area is 133 Å². The molecule has 0 saturated heterocycles. The lowest BCUT2D eigenvalue weighted by molar-refractivity contribution is 0.309.